The second kappa shape index (κ2) is 9.53. The first kappa shape index (κ1) is 22.2. The van der Waals surface area contributed by atoms with E-state index < -0.39 is 11.9 Å². The molecule has 0 unspecified atom stereocenters. The van der Waals surface area contributed by atoms with Gasteiger partial charge in [-0.15, -0.1) is 0 Å². The zero-order chi connectivity index (χ0) is 22.5. The monoisotopic (exact) mass is 439 g/mol. The maximum absolute atomic E-state index is 12.6. The molecule has 160 valence electrons. The number of hydrogen-bond donors (Lipinski definition) is 2. The lowest BCUT2D eigenvalue weighted by molar-refractivity contribution is -0.138. The molecule has 31 heavy (non-hydrogen) atoms. The summed E-state index contributed by atoms with van der Waals surface area (Å²) in [6.07, 6.45) is 1.60. The zero-order valence-corrected chi connectivity index (χ0v) is 18.0. The Bertz CT molecular complexity index is 1120. The summed E-state index contributed by atoms with van der Waals surface area (Å²) in [4.78, 5) is 29.4. The summed E-state index contributed by atoms with van der Waals surface area (Å²) in [5.74, 6) is -1.40. The third-order valence-electron chi connectivity index (χ3n) is 4.37. The van der Waals surface area contributed by atoms with Crippen LogP contribution in [0.15, 0.2) is 63.7 Å². The van der Waals surface area contributed by atoms with Crippen LogP contribution in [0.2, 0.25) is 0 Å². The van der Waals surface area contributed by atoms with E-state index in [0.717, 1.165) is 17.3 Å². The van der Waals surface area contributed by atoms with Crippen molar-refractivity contribution in [2.45, 2.75) is 13.8 Å². The Hall–Kier alpha value is -3.52. The minimum atomic E-state index is -0.769. The lowest BCUT2D eigenvalue weighted by Gasteiger charge is -2.04. The molecule has 0 bridgehead atoms. The number of rotatable bonds is 5. The highest BCUT2D eigenvalue weighted by atomic mass is 32.2. The predicted octanol–water partition coefficient (Wildman–Crippen LogP) is 4.41. The SMILES string of the molecule is CCOC(=O)C1=C(O)/C(=C/c2ccc(O)c(OC)c2)SC1=NC(=O)c1ccc(C)cc1. The first-order valence-corrected chi connectivity index (χ1v) is 10.2. The van der Waals surface area contributed by atoms with Gasteiger partial charge in [-0.05, 0) is 49.8 Å². The fourth-order valence-electron chi connectivity index (χ4n) is 2.78. The van der Waals surface area contributed by atoms with Gasteiger partial charge in [-0.2, -0.15) is 0 Å². The first-order valence-electron chi connectivity index (χ1n) is 9.41. The number of benzene rings is 2. The average molecular weight is 439 g/mol. The second-order valence-electron chi connectivity index (χ2n) is 6.57. The number of aliphatic imine (C=N–C) groups is 1. The minimum Gasteiger partial charge on any atom is -0.506 e. The van der Waals surface area contributed by atoms with E-state index in [1.54, 1.807) is 49.4 Å². The molecule has 1 aliphatic heterocycles. The van der Waals surface area contributed by atoms with Crippen LogP contribution in [0.3, 0.4) is 0 Å². The van der Waals surface area contributed by atoms with E-state index >= 15 is 0 Å². The number of thioether (sulfide) groups is 1. The van der Waals surface area contributed by atoms with Crippen LogP contribution in [-0.2, 0) is 9.53 Å². The van der Waals surface area contributed by atoms with Gasteiger partial charge in [0.2, 0.25) is 0 Å². The minimum absolute atomic E-state index is 0.0263. The van der Waals surface area contributed by atoms with Gasteiger partial charge < -0.3 is 19.7 Å². The van der Waals surface area contributed by atoms with Crippen LogP contribution in [0, 0.1) is 6.92 Å². The molecule has 2 aromatic rings. The molecule has 0 atom stereocenters. The molecule has 0 saturated carbocycles. The summed E-state index contributed by atoms with van der Waals surface area (Å²) in [6, 6.07) is 11.5. The number of phenolic OH excluding ortho intramolecular Hbond substituents is 1. The number of aliphatic hydroxyl groups is 1. The van der Waals surface area contributed by atoms with Crippen molar-refractivity contribution in [3.63, 3.8) is 0 Å². The number of esters is 1. The van der Waals surface area contributed by atoms with E-state index in [-0.39, 0.29) is 34.5 Å². The lowest BCUT2D eigenvalue weighted by Crippen LogP contribution is -2.14. The standard InChI is InChI=1S/C23H21NO6S/c1-4-30-23(28)19-20(26)18(12-14-7-10-16(25)17(11-14)29-3)31-22(19)24-21(27)15-8-5-13(2)6-9-15/h5-12,25-26H,4H2,1-3H3/b18-12-,24-22?. The van der Waals surface area contributed by atoms with Gasteiger partial charge in [-0.3, -0.25) is 4.79 Å². The van der Waals surface area contributed by atoms with E-state index in [9.17, 15) is 19.8 Å². The number of aryl methyl sites for hydroxylation is 1. The van der Waals surface area contributed by atoms with Crippen molar-refractivity contribution in [2.24, 2.45) is 4.99 Å². The molecule has 0 fully saturated rings. The van der Waals surface area contributed by atoms with Gasteiger partial charge in [0.25, 0.3) is 5.91 Å². The lowest BCUT2D eigenvalue weighted by atomic mass is 10.1. The number of ether oxygens (including phenoxy) is 2. The molecule has 0 radical (unpaired) electrons. The Morgan fingerprint density at radius 2 is 1.84 bits per heavy atom. The van der Waals surface area contributed by atoms with E-state index in [0.29, 0.717) is 16.0 Å². The molecule has 0 saturated heterocycles. The summed E-state index contributed by atoms with van der Waals surface area (Å²) in [6.45, 7) is 3.65. The Labute approximate surface area is 183 Å². The molecule has 1 amide bonds. The highest BCUT2D eigenvalue weighted by molar-refractivity contribution is 8.18. The zero-order valence-electron chi connectivity index (χ0n) is 17.2. The smallest absolute Gasteiger partial charge is 0.344 e. The number of amides is 1. The molecule has 1 heterocycles. The summed E-state index contributed by atoms with van der Waals surface area (Å²) < 4.78 is 10.1. The summed E-state index contributed by atoms with van der Waals surface area (Å²) in [5, 5.41) is 20.5. The second-order valence-corrected chi connectivity index (χ2v) is 7.60. The van der Waals surface area contributed by atoms with Crippen molar-refractivity contribution in [1.29, 1.82) is 0 Å². The largest absolute Gasteiger partial charge is 0.506 e. The fraction of sp³-hybridized carbons (Fsp3) is 0.174. The van der Waals surface area contributed by atoms with Crippen molar-refractivity contribution < 1.29 is 29.3 Å². The van der Waals surface area contributed by atoms with E-state index in [1.807, 2.05) is 6.92 Å². The molecule has 2 N–H and O–H groups in total. The van der Waals surface area contributed by atoms with Crippen LogP contribution in [0.5, 0.6) is 11.5 Å². The fourth-order valence-corrected chi connectivity index (χ4v) is 3.79. The van der Waals surface area contributed by atoms with Gasteiger partial charge in [0.15, 0.2) is 11.5 Å². The number of aliphatic hydroxyl groups excluding tert-OH is 1. The summed E-state index contributed by atoms with van der Waals surface area (Å²) >= 11 is 0.982. The van der Waals surface area contributed by atoms with E-state index in [2.05, 4.69) is 4.99 Å². The summed E-state index contributed by atoms with van der Waals surface area (Å²) in [7, 11) is 1.42. The predicted molar refractivity (Wildman–Crippen MR) is 119 cm³/mol. The van der Waals surface area contributed by atoms with Gasteiger partial charge in [-0.25, -0.2) is 9.79 Å². The van der Waals surface area contributed by atoms with Gasteiger partial charge in [0.05, 0.1) is 18.6 Å². The molecular weight excluding hydrogens is 418 g/mol. The number of hydrogen-bond acceptors (Lipinski definition) is 7. The molecule has 2 aromatic carbocycles. The van der Waals surface area contributed by atoms with Crippen molar-refractivity contribution in [2.75, 3.05) is 13.7 Å². The summed E-state index contributed by atoms with van der Waals surface area (Å²) in [5.41, 5.74) is 1.81. The number of phenols is 1. The van der Waals surface area contributed by atoms with Gasteiger partial charge in [-0.1, -0.05) is 35.5 Å². The molecule has 0 aromatic heterocycles. The normalized spacial score (nSPS) is 16.1. The Morgan fingerprint density at radius 1 is 1.13 bits per heavy atom. The molecule has 3 rings (SSSR count). The number of methoxy groups -OCH3 is 1. The highest BCUT2D eigenvalue weighted by Gasteiger charge is 2.34. The van der Waals surface area contributed by atoms with Gasteiger partial charge in [0.1, 0.15) is 16.4 Å². The number of carbonyl (C=O) groups is 2. The molecule has 7 nitrogen and oxygen atoms in total. The van der Waals surface area contributed by atoms with Crippen LogP contribution in [-0.4, -0.2) is 40.8 Å². The molecule has 0 spiro atoms. The van der Waals surface area contributed by atoms with Crippen LogP contribution >= 0.6 is 11.8 Å². The molecule has 8 heteroatoms. The highest BCUT2D eigenvalue weighted by Crippen LogP contribution is 2.40. The van der Waals surface area contributed by atoms with Crippen LogP contribution in [0.4, 0.5) is 0 Å². The first-order chi connectivity index (χ1) is 14.8. The quantitative estimate of drug-likeness (QED) is 0.665. The third kappa shape index (κ3) is 4.97. The molecule has 0 aliphatic carbocycles. The number of carbonyl (C=O) groups excluding carboxylic acids is 2. The van der Waals surface area contributed by atoms with E-state index in [4.69, 9.17) is 9.47 Å². The van der Waals surface area contributed by atoms with Gasteiger partial charge >= 0.3 is 5.97 Å². The average Bonchev–Trinajstić information content (AvgIpc) is 3.04. The topological polar surface area (TPSA) is 105 Å². The number of nitrogens with zero attached hydrogens (tertiary/aromatic N) is 1. The molecular formula is C23H21NO6S. The van der Waals surface area contributed by atoms with Crippen LogP contribution < -0.4 is 4.74 Å². The van der Waals surface area contributed by atoms with Crippen molar-refractivity contribution in [3.05, 3.63) is 75.4 Å². The Balaban J connectivity index is 2.01. The Morgan fingerprint density at radius 3 is 2.48 bits per heavy atom. The Kier molecular flexibility index (Phi) is 6.81. The number of aromatic hydroxyl groups is 1. The molecule has 1 aliphatic rings. The maximum Gasteiger partial charge on any atom is 0.344 e. The van der Waals surface area contributed by atoms with Crippen molar-refractivity contribution >= 4 is 34.8 Å². The third-order valence-corrected chi connectivity index (χ3v) is 5.39. The maximum atomic E-state index is 12.6. The van der Waals surface area contributed by atoms with Crippen LogP contribution in [0.25, 0.3) is 6.08 Å². The van der Waals surface area contributed by atoms with Crippen molar-refractivity contribution in [3.8, 4) is 11.5 Å². The van der Waals surface area contributed by atoms with Gasteiger partial charge in [0, 0.05) is 5.56 Å². The van der Waals surface area contributed by atoms with Crippen LogP contribution in [0.1, 0.15) is 28.4 Å². The van der Waals surface area contributed by atoms with E-state index in [1.165, 1.54) is 13.2 Å². The van der Waals surface area contributed by atoms with Crippen molar-refractivity contribution in [1.82, 2.24) is 0 Å².